The third-order valence-corrected chi connectivity index (χ3v) is 6.54. The fraction of sp³-hybridized carbons (Fsp3) is 0.367. The molecule has 204 valence electrons. The zero-order valence-corrected chi connectivity index (χ0v) is 23.3. The summed E-state index contributed by atoms with van der Waals surface area (Å²) in [4.78, 5) is 49.3. The number of carbonyl (C=O) groups excluding carboxylic acids is 2. The highest BCUT2D eigenvalue weighted by atomic mass is 16.5. The summed E-state index contributed by atoms with van der Waals surface area (Å²) in [6.07, 6.45) is 2.17. The average molecular weight is 531 g/mol. The van der Waals surface area contributed by atoms with Crippen molar-refractivity contribution in [1.82, 2.24) is 14.0 Å². The molecule has 0 N–H and O–H groups in total. The first-order valence-electron chi connectivity index (χ1n) is 13.0. The molecule has 1 aromatic carbocycles. The molecule has 0 unspecified atom stereocenters. The number of hydrogen-bond donors (Lipinski definition) is 0. The molecule has 4 rings (SSSR count). The van der Waals surface area contributed by atoms with Crippen LogP contribution in [0.5, 0.6) is 0 Å². The van der Waals surface area contributed by atoms with E-state index < -0.39 is 11.9 Å². The Labute approximate surface area is 226 Å². The highest BCUT2D eigenvalue weighted by Gasteiger charge is 2.21. The molecule has 0 spiro atoms. The molecule has 0 bridgehead atoms. The summed E-state index contributed by atoms with van der Waals surface area (Å²) < 4.78 is 13.7. The lowest BCUT2D eigenvalue weighted by Gasteiger charge is -2.18. The van der Waals surface area contributed by atoms with Crippen LogP contribution in [0.1, 0.15) is 66.0 Å². The molecule has 0 aliphatic rings. The molecule has 0 radical (unpaired) electrons. The zero-order valence-electron chi connectivity index (χ0n) is 23.3. The van der Waals surface area contributed by atoms with Gasteiger partial charge in [-0.1, -0.05) is 39.0 Å². The maximum Gasteiger partial charge on any atom is 0.341 e. The molecular formula is C30H34N4O5. The molecule has 0 saturated carbocycles. The zero-order chi connectivity index (χ0) is 28.3. The van der Waals surface area contributed by atoms with E-state index in [1.54, 1.807) is 43.0 Å². The van der Waals surface area contributed by atoms with Crippen molar-refractivity contribution in [2.24, 2.45) is 4.99 Å². The minimum Gasteiger partial charge on any atom is -0.462 e. The number of pyridine rings is 2. The molecule has 3 aromatic heterocycles. The highest BCUT2D eigenvalue weighted by Crippen LogP contribution is 2.22. The van der Waals surface area contributed by atoms with Crippen molar-refractivity contribution in [1.29, 1.82) is 0 Å². The van der Waals surface area contributed by atoms with Crippen molar-refractivity contribution in [2.45, 2.75) is 53.0 Å². The van der Waals surface area contributed by atoms with E-state index >= 15 is 0 Å². The Bertz CT molecular complexity index is 1680. The number of hydrogen-bond acceptors (Lipinski definition) is 6. The monoisotopic (exact) mass is 530 g/mol. The van der Waals surface area contributed by atoms with E-state index in [9.17, 15) is 14.4 Å². The van der Waals surface area contributed by atoms with Crippen LogP contribution in [-0.2, 0) is 21.4 Å². The number of esters is 1. The quantitative estimate of drug-likeness (QED) is 0.201. The number of aryl methyl sites for hydroxylation is 2. The van der Waals surface area contributed by atoms with Gasteiger partial charge in [0, 0.05) is 32.0 Å². The summed E-state index contributed by atoms with van der Waals surface area (Å²) in [5.74, 6) is -1.20. The van der Waals surface area contributed by atoms with E-state index in [0.717, 1.165) is 11.1 Å². The summed E-state index contributed by atoms with van der Waals surface area (Å²) in [5, 5.41) is 0.222. The lowest BCUT2D eigenvalue weighted by molar-refractivity contribution is 0.0523. The molecule has 0 saturated heterocycles. The number of aromatic nitrogens is 3. The fourth-order valence-corrected chi connectivity index (χ4v) is 4.42. The fourth-order valence-electron chi connectivity index (χ4n) is 4.42. The summed E-state index contributed by atoms with van der Waals surface area (Å²) in [6, 6.07) is 12.3. The van der Waals surface area contributed by atoms with Gasteiger partial charge in [0.25, 0.3) is 11.5 Å². The molecule has 3 heterocycles. The van der Waals surface area contributed by atoms with E-state index in [2.05, 4.69) is 25.8 Å². The summed E-state index contributed by atoms with van der Waals surface area (Å²) in [6.45, 7) is 10.7. The summed E-state index contributed by atoms with van der Waals surface area (Å²) in [5.41, 5.74) is 2.78. The number of nitrogens with zero attached hydrogens (tertiary/aromatic N) is 4. The van der Waals surface area contributed by atoms with Crippen molar-refractivity contribution >= 4 is 28.6 Å². The second-order valence-corrected chi connectivity index (χ2v) is 10.4. The topological polar surface area (TPSA) is 104 Å². The second kappa shape index (κ2) is 11.3. The smallest absolute Gasteiger partial charge is 0.341 e. The van der Waals surface area contributed by atoms with Crippen LogP contribution in [0, 0.1) is 6.92 Å². The van der Waals surface area contributed by atoms with Crippen molar-refractivity contribution in [2.75, 3.05) is 20.3 Å². The van der Waals surface area contributed by atoms with Gasteiger partial charge in [0.1, 0.15) is 16.9 Å². The van der Waals surface area contributed by atoms with E-state index in [-0.39, 0.29) is 34.0 Å². The van der Waals surface area contributed by atoms with E-state index in [4.69, 9.17) is 14.5 Å². The summed E-state index contributed by atoms with van der Waals surface area (Å²) in [7, 11) is 1.59. The van der Waals surface area contributed by atoms with Gasteiger partial charge in [0.05, 0.1) is 12.0 Å². The van der Waals surface area contributed by atoms with Crippen molar-refractivity contribution in [3.8, 4) is 0 Å². The van der Waals surface area contributed by atoms with E-state index in [1.807, 2.05) is 25.1 Å². The lowest BCUT2D eigenvalue weighted by atomic mass is 9.87. The van der Waals surface area contributed by atoms with Gasteiger partial charge in [-0.2, -0.15) is 4.99 Å². The summed E-state index contributed by atoms with van der Waals surface area (Å²) >= 11 is 0. The van der Waals surface area contributed by atoms with Gasteiger partial charge in [0.15, 0.2) is 5.49 Å². The first kappa shape index (κ1) is 27.9. The third-order valence-electron chi connectivity index (χ3n) is 6.54. The highest BCUT2D eigenvalue weighted by molar-refractivity contribution is 5.97. The van der Waals surface area contributed by atoms with Gasteiger partial charge in [0.2, 0.25) is 0 Å². The van der Waals surface area contributed by atoms with Crippen LogP contribution in [0.4, 0.5) is 0 Å². The second-order valence-electron chi connectivity index (χ2n) is 10.4. The number of benzene rings is 1. The van der Waals surface area contributed by atoms with Gasteiger partial charge in [-0.15, -0.1) is 0 Å². The molecule has 4 aromatic rings. The molecule has 0 atom stereocenters. The van der Waals surface area contributed by atoms with Crippen molar-refractivity contribution in [3.05, 3.63) is 86.8 Å². The number of amides is 1. The van der Waals surface area contributed by atoms with Gasteiger partial charge in [-0.05, 0) is 61.1 Å². The minimum absolute atomic E-state index is 0.0212. The Morgan fingerprint density at radius 2 is 1.79 bits per heavy atom. The number of methoxy groups -OCH3 is 1. The molecule has 39 heavy (non-hydrogen) atoms. The first-order chi connectivity index (χ1) is 18.6. The molecule has 1 amide bonds. The van der Waals surface area contributed by atoms with Crippen LogP contribution in [-0.4, -0.2) is 46.2 Å². The van der Waals surface area contributed by atoms with Crippen LogP contribution < -0.4 is 11.0 Å². The maximum atomic E-state index is 13.6. The van der Waals surface area contributed by atoms with Gasteiger partial charge in [-0.3, -0.25) is 14.0 Å². The van der Waals surface area contributed by atoms with E-state index in [0.29, 0.717) is 36.4 Å². The lowest BCUT2D eigenvalue weighted by Crippen LogP contribution is -2.33. The number of fused-ring (bicyclic) bond motifs is 2. The van der Waals surface area contributed by atoms with Crippen LogP contribution in [0.2, 0.25) is 0 Å². The molecule has 9 nitrogen and oxygen atoms in total. The Kier molecular flexibility index (Phi) is 8.11. The number of carbonyl (C=O) groups is 2. The molecular weight excluding hydrogens is 496 g/mol. The third kappa shape index (κ3) is 5.68. The number of rotatable bonds is 7. The average Bonchev–Trinajstić information content (AvgIpc) is 2.90. The van der Waals surface area contributed by atoms with Crippen LogP contribution in [0.25, 0.3) is 16.7 Å². The minimum atomic E-state index is -0.678. The first-order valence-corrected chi connectivity index (χ1v) is 13.0. The van der Waals surface area contributed by atoms with Gasteiger partial charge < -0.3 is 14.0 Å². The molecule has 0 fully saturated rings. The number of ether oxygens (including phenoxy) is 2. The van der Waals surface area contributed by atoms with E-state index in [1.165, 1.54) is 10.5 Å². The van der Waals surface area contributed by atoms with Crippen LogP contribution in [0.15, 0.2) is 58.4 Å². The molecule has 0 aliphatic carbocycles. The van der Waals surface area contributed by atoms with Crippen LogP contribution in [0.3, 0.4) is 0 Å². The molecule has 9 heteroatoms. The van der Waals surface area contributed by atoms with Crippen LogP contribution >= 0.6 is 0 Å². The SMILES string of the molecule is CCOC(=O)c1cc2c(=O)n3cccc(C)c3nc2n(CCCOC)c1=NC(=O)c1ccc(C(C)(C)C)cc1. The normalized spacial score (nSPS) is 12.3. The largest absolute Gasteiger partial charge is 0.462 e. The predicted octanol–water partition coefficient (Wildman–Crippen LogP) is 4.21. The van der Waals surface area contributed by atoms with Gasteiger partial charge in [-0.25, -0.2) is 9.78 Å². The Hall–Kier alpha value is -4.11. The predicted molar refractivity (Wildman–Crippen MR) is 149 cm³/mol. The molecule has 0 aliphatic heterocycles. The van der Waals surface area contributed by atoms with Crippen molar-refractivity contribution in [3.63, 3.8) is 0 Å². The van der Waals surface area contributed by atoms with Gasteiger partial charge >= 0.3 is 5.97 Å². The van der Waals surface area contributed by atoms with Crippen molar-refractivity contribution < 1.29 is 19.1 Å². The Morgan fingerprint density at radius 1 is 1.08 bits per heavy atom. The Morgan fingerprint density at radius 3 is 2.44 bits per heavy atom. The standard InChI is InChI=1S/C30H34N4O5/c1-7-39-29(37)23-18-22-25(31-24-19(2)10-8-15-34(24)28(22)36)33(16-9-17-38-6)26(23)32-27(35)20-11-13-21(14-12-20)30(3,4)5/h8,10-15,18H,7,9,16-17H2,1-6H3. The maximum absolute atomic E-state index is 13.6. The Balaban J connectivity index is 2.05.